The molecule has 3 aliphatic rings. The average molecular weight is 139 g/mol. The molecule has 10 heavy (non-hydrogen) atoms. The molecule has 3 atom stereocenters. The Bertz CT molecular complexity index is 149. The molecule has 0 radical (unpaired) electrons. The summed E-state index contributed by atoms with van der Waals surface area (Å²) in [7, 11) is 0. The van der Waals surface area contributed by atoms with Crippen molar-refractivity contribution in [3.63, 3.8) is 0 Å². The molecule has 0 aromatic carbocycles. The van der Waals surface area contributed by atoms with Crippen LogP contribution in [0, 0.1) is 17.3 Å². The van der Waals surface area contributed by atoms with Gasteiger partial charge in [-0.2, -0.15) is 0 Å². The molecule has 3 rings (SSSR count). The van der Waals surface area contributed by atoms with Gasteiger partial charge in [0.15, 0.2) is 0 Å². The van der Waals surface area contributed by atoms with Gasteiger partial charge in [-0.25, -0.2) is 0 Å². The number of hydrogen-bond donors (Lipinski definition) is 1. The summed E-state index contributed by atoms with van der Waals surface area (Å²) in [4.78, 5) is 0. The Morgan fingerprint density at radius 2 is 2.00 bits per heavy atom. The summed E-state index contributed by atoms with van der Waals surface area (Å²) in [6, 6.07) is 0.514. The summed E-state index contributed by atoms with van der Waals surface area (Å²) in [6.07, 6.45) is 4.07. The fraction of sp³-hybridized carbons (Fsp3) is 1.00. The van der Waals surface area contributed by atoms with Gasteiger partial charge in [0, 0.05) is 6.04 Å². The Morgan fingerprint density at radius 1 is 1.30 bits per heavy atom. The maximum absolute atomic E-state index is 5.99. The van der Waals surface area contributed by atoms with Crippen LogP contribution in [0.1, 0.15) is 33.1 Å². The molecule has 3 aliphatic carbocycles. The SMILES string of the molecule is CC1(C)[C@@H]2CC[C@H](N)[C@H]1C2. The normalized spacial score (nSPS) is 50.1. The molecular formula is C9H17N. The quantitative estimate of drug-likeness (QED) is 0.544. The van der Waals surface area contributed by atoms with E-state index in [0.29, 0.717) is 11.5 Å². The highest BCUT2D eigenvalue weighted by Crippen LogP contribution is 2.58. The van der Waals surface area contributed by atoms with Crippen molar-refractivity contribution in [2.45, 2.75) is 39.2 Å². The van der Waals surface area contributed by atoms with Crippen LogP contribution in [0.2, 0.25) is 0 Å². The lowest BCUT2D eigenvalue weighted by molar-refractivity contribution is -0.0777. The topological polar surface area (TPSA) is 26.0 Å². The molecule has 0 aromatic heterocycles. The second kappa shape index (κ2) is 1.76. The second-order valence-corrected chi connectivity index (χ2v) is 4.60. The summed E-state index contributed by atoms with van der Waals surface area (Å²) in [5.74, 6) is 1.84. The van der Waals surface area contributed by atoms with Crippen molar-refractivity contribution in [2.24, 2.45) is 23.0 Å². The van der Waals surface area contributed by atoms with Crippen LogP contribution in [0.15, 0.2) is 0 Å². The minimum atomic E-state index is 0.514. The highest BCUT2D eigenvalue weighted by Gasteiger charge is 2.53. The summed E-state index contributed by atoms with van der Waals surface area (Å²) < 4.78 is 0. The van der Waals surface area contributed by atoms with Gasteiger partial charge < -0.3 is 5.73 Å². The molecule has 0 spiro atoms. The van der Waals surface area contributed by atoms with Gasteiger partial charge in [-0.3, -0.25) is 0 Å². The molecule has 1 nitrogen and oxygen atoms in total. The zero-order chi connectivity index (χ0) is 7.35. The summed E-state index contributed by atoms with van der Waals surface area (Å²) in [5, 5.41) is 0. The Labute approximate surface area is 63.0 Å². The predicted molar refractivity (Wildman–Crippen MR) is 42.6 cm³/mol. The fourth-order valence-corrected chi connectivity index (χ4v) is 2.87. The van der Waals surface area contributed by atoms with Gasteiger partial charge in [0.2, 0.25) is 0 Å². The van der Waals surface area contributed by atoms with E-state index < -0.39 is 0 Å². The zero-order valence-corrected chi connectivity index (χ0v) is 6.93. The van der Waals surface area contributed by atoms with Crippen LogP contribution >= 0.6 is 0 Å². The first-order chi connectivity index (χ1) is 4.62. The maximum Gasteiger partial charge on any atom is 0.00725 e. The molecular weight excluding hydrogens is 122 g/mol. The summed E-state index contributed by atoms with van der Waals surface area (Å²) in [5.41, 5.74) is 6.57. The summed E-state index contributed by atoms with van der Waals surface area (Å²) >= 11 is 0. The van der Waals surface area contributed by atoms with Crippen molar-refractivity contribution in [1.29, 1.82) is 0 Å². The van der Waals surface area contributed by atoms with E-state index in [1.54, 1.807) is 0 Å². The van der Waals surface area contributed by atoms with Gasteiger partial charge in [0.25, 0.3) is 0 Å². The van der Waals surface area contributed by atoms with E-state index in [-0.39, 0.29) is 0 Å². The van der Waals surface area contributed by atoms with Crippen LogP contribution in [0.25, 0.3) is 0 Å². The van der Waals surface area contributed by atoms with Gasteiger partial charge >= 0.3 is 0 Å². The van der Waals surface area contributed by atoms with Gasteiger partial charge in [-0.05, 0) is 36.5 Å². The molecule has 0 amide bonds. The van der Waals surface area contributed by atoms with E-state index in [1.165, 1.54) is 19.3 Å². The summed E-state index contributed by atoms with van der Waals surface area (Å²) in [6.45, 7) is 4.76. The van der Waals surface area contributed by atoms with Crippen LogP contribution in [0.4, 0.5) is 0 Å². The first kappa shape index (κ1) is 6.66. The van der Waals surface area contributed by atoms with Crippen molar-refractivity contribution in [3.8, 4) is 0 Å². The Morgan fingerprint density at radius 3 is 2.30 bits per heavy atom. The monoisotopic (exact) mass is 139 g/mol. The third kappa shape index (κ3) is 0.619. The largest absolute Gasteiger partial charge is 0.327 e. The van der Waals surface area contributed by atoms with E-state index in [0.717, 1.165) is 11.8 Å². The van der Waals surface area contributed by atoms with Gasteiger partial charge in [-0.1, -0.05) is 13.8 Å². The molecule has 0 unspecified atom stereocenters. The zero-order valence-electron chi connectivity index (χ0n) is 6.93. The molecule has 0 heterocycles. The van der Waals surface area contributed by atoms with E-state index >= 15 is 0 Å². The van der Waals surface area contributed by atoms with E-state index in [4.69, 9.17) is 5.73 Å². The maximum atomic E-state index is 5.99. The van der Waals surface area contributed by atoms with Crippen LogP contribution in [0.5, 0.6) is 0 Å². The number of rotatable bonds is 0. The van der Waals surface area contributed by atoms with Gasteiger partial charge in [-0.15, -0.1) is 0 Å². The van der Waals surface area contributed by atoms with Crippen LogP contribution in [-0.4, -0.2) is 6.04 Å². The molecule has 2 bridgehead atoms. The Kier molecular flexibility index (Phi) is 1.17. The smallest absolute Gasteiger partial charge is 0.00725 e. The molecule has 0 aliphatic heterocycles. The Balaban J connectivity index is 2.16. The lowest BCUT2D eigenvalue weighted by atomic mass is 9.47. The number of nitrogens with two attached hydrogens (primary N) is 1. The molecule has 3 saturated carbocycles. The highest BCUT2D eigenvalue weighted by atomic mass is 14.7. The van der Waals surface area contributed by atoms with Crippen molar-refractivity contribution in [2.75, 3.05) is 0 Å². The molecule has 3 fully saturated rings. The first-order valence-electron chi connectivity index (χ1n) is 4.38. The minimum absolute atomic E-state index is 0.514. The number of hydrogen-bond acceptors (Lipinski definition) is 1. The predicted octanol–water partition coefficient (Wildman–Crippen LogP) is 1.77. The molecule has 2 N–H and O–H groups in total. The second-order valence-electron chi connectivity index (χ2n) is 4.60. The van der Waals surface area contributed by atoms with Gasteiger partial charge in [0.1, 0.15) is 0 Å². The van der Waals surface area contributed by atoms with Crippen molar-refractivity contribution < 1.29 is 0 Å². The van der Waals surface area contributed by atoms with E-state index in [9.17, 15) is 0 Å². The lowest BCUT2D eigenvalue weighted by Gasteiger charge is -2.59. The third-order valence-electron chi connectivity index (χ3n) is 3.91. The average Bonchev–Trinajstić information content (AvgIpc) is 1.87. The van der Waals surface area contributed by atoms with E-state index in [1.807, 2.05) is 0 Å². The minimum Gasteiger partial charge on any atom is -0.327 e. The van der Waals surface area contributed by atoms with Gasteiger partial charge in [0.05, 0.1) is 0 Å². The van der Waals surface area contributed by atoms with Crippen LogP contribution < -0.4 is 5.73 Å². The van der Waals surface area contributed by atoms with Crippen molar-refractivity contribution in [3.05, 3.63) is 0 Å². The standard InChI is InChI=1S/C9H17N/c1-9(2)6-3-4-8(10)7(9)5-6/h6-8H,3-5,10H2,1-2H3/t6-,7-,8+/m1/s1. The fourth-order valence-electron chi connectivity index (χ4n) is 2.87. The molecule has 0 saturated heterocycles. The Hall–Kier alpha value is -0.0400. The van der Waals surface area contributed by atoms with E-state index in [2.05, 4.69) is 13.8 Å². The number of fused-ring (bicyclic) bond motifs is 2. The molecule has 58 valence electrons. The van der Waals surface area contributed by atoms with Crippen LogP contribution in [0.3, 0.4) is 0 Å². The van der Waals surface area contributed by atoms with Crippen molar-refractivity contribution >= 4 is 0 Å². The highest BCUT2D eigenvalue weighted by molar-refractivity contribution is 5.04. The molecule has 1 heteroatoms. The van der Waals surface area contributed by atoms with Crippen LogP contribution in [-0.2, 0) is 0 Å². The molecule has 0 aromatic rings. The van der Waals surface area contributed by atoms with Crippen molar-refractivity contribution in [1.82, 2.24) is 0 Å². The lowest BCUT2D eigenvalue weighted by Crippen LogP contribution is -2.57. The first-order valence-corrected chi connectivity index (χ1v) is 4.38. The third-order valence-corrected chi connectivity index (χ3v) is 3.91.